The fraction of sp³-hybridized carbons (Fsp3) is 0.600. The van der Waals surface area contributed by atoms with E-state index < -0.39 is 0 Å². The molecule has 1 aromatic rings. The smallest absolute Gasteiger partial charge is 0.257 e. The summed E-state index contributed by atoms with van der Waals surface area (Å²) in [7, 11) is 1.79. The summed E-state index contributed by atoms with van der Waals surface area (Å²) in [6.45, 7) is 1.67. The molecular formula is C10H14ClN3O2. The number of alkyl halides is 1. The molecular weight excluding hydrogens is 230 g/mol. The van der Waals surface area contributed by atoms with Crippen molar-refractivity contribution in [3.8, 4) is 0 Å². The highest BCUT2D eigenvalue weighted by atomic mass is 35.5. The van der Waals surface area contributed by atoms with Gasteiger partial charge in [0, 0.05) is 25.7 Å². The summed E-state index contributed by atoms with van der Waals surface area (Å²) in [5.74, 6) is 0.369. The Morgan fingerprint density at radius 3 is 3.19 bits per heavy atom. The first-order valence-corrected chi connectivity index (χ1v) is 5.69. The minimum absolute atomic E-state index is 0.0259. The van der Waals surface area contributed by atoms with Crippen LogP contribution in [0.4, 0.5) is 0 Å². The van der Waals surface area contributed by atoms with Crippen molar-refractivity contribution in [3.63, 3.8) is 0 Å². The Morgan fingerprint density at radius 2 is 2.56 bits per heavy atom. The van der Waals surface area contributed by atoms with Gasteiger partial charge in [0.25, 0.3) is 5.91 Å². The van der Waals surface area contributed by atoms with Crippen molar-refractivity contribution < 1.29 is 9.53 Å². The van der Waals surface area contributed by atoms with Crippen molar-refractivity contribution in [2.24, 2.45) is 7.05 Å². The molecule has 2 heterocycles. The number of aromatic nitrogens is 2. The number of halogens is 1. The molecule has 1 aliphatic rings. The summed E-state index contributed by atoms with van der Waals surface area (Å²) >= 11 is 5.82. The van der Waals surface area contributed by atoms with Crippen molar-refractivity contribution in [2.45, 2.75) is 6.04 Å². The van der Waals surface area contributed by atoms with Crippen LogP contribution >= 0.6 is 11.6 Å². The van der Waals surface area contributed by atoms with Crippen LogP contribution in [-0.2, 0) is 11.8 Å². The van der Waals surface area contributed by atoms with E-state index in [-0.39, 0.29) is 11.9 Å². The number of hydrogen-bond acceptors (Lipinski definition) is 3. The third-order valence-electron chi connectivity index (χ3n) is 2.62. The van der Waals surface area contributed by atoms with E-state index in [0.717, 1.165) is 0 Å². The van der Waals surface area contributed by atoms with E-state index in [1.165, 1.54) is 0 Å². The van der Waals surface area contributed by atoms with Crippen LogP contribution in [0.25, 0.3) is 0 Å². The number of amides is 1. The summed E-state index contributed by atoms with van der Waals surface area (Å²) in [5.41, 5.74) is 0.597. The second-order valence-corrected chi connectivity index (χ2v) is 4.09. The topological polar surface area (TPSA) is 47.4 Å². The summed E-state index contributed by atoms with van der Waals surface area (Å²) < 4.78 is 6.91. The van der Waals surface area contributed by atoms with Gasteiger partial charge in [0.1, 0.15) is 0 Å². The third kappa shape index (κ3) is 2.20. The number of carbonyl (C=O) groups excluding carboxylic acids is 1. The predicted molar refractivity (Wildman–Crippen MR) is 59.6 cm³/mol. The van der Waals surface area contributed by atoms with Gasteiger partial charge in [-0.15, -0.1) is 11.6 Å². The van der Waals surface area contributed by atoms with Gasteiger partial charge in [-0.25, -0.2) is 0 Å². The predicted octanol–water partition coefficient (Wildman–Crippen LogP) is 0.500. The van der Waals surface area contributed by atoms with E-state index in [9.17, 15) is 4.79 Å². The minimum atomic E-state index is -0.0388. The van der Waals surface area contributed by atoms with E-state index >= 15 is 0 Å². The standard InChI is InChI=1S/C10H14ClN3O2/c1-13-6-8(5-12-13)10(15)14-2-3-16-7-9(14)4-11/h5-6,9H,2-4,7H2,1H3. The van der Waals surface area contributed by atoms with Crippen LogP contribution in [0.2, 0.25) is 0 Å². The summed E-state index contributed by atoms with van der Waals surface area (Å²) in [6, 6.07) is -0.0388. The van der Waals surface area contributed by atoms with Crippen LogP contribution < -0.4 is 0 Å². The quantitative estimate of drug-likeness (QED) is 0.711. The van der Waals surface area contributed by atoms with Crippen LogP contribution in [0.1, 0.15) is 10.4 Å². The number of carbonyl (C=O) groups is 1. The minimum Gasteiger partial charge on any atom is -0.377 e. The molecule has 0 N–H and O–H groups in total. The lowest BCUT2D eigenvalue weighted by Crippen LogP contribution is -2.49. The highest BCUT2D eigenvalue weighted by Crippen LogP contribution is 2.13. The zero-order chi connectivity index (χ0) is 11.5. The SMILES string of the molecule is Cn1cc(C(=O)N2CCOCC2CCl)cn1. The molecule has 1 aliphatic heterocycles. The van der Waals surface area contributed by atoms with Gasteiger partial charge in [-0.3, -0.25) is 9.48 Å². The lowest BCUT2D eigenvalue weighted by Gasteiger charge is -2.34. The van der Waals surface area contributed by atoms with E-state index in [1.54, 1.807) is 29.0 Å². The number of hydrogen-bond donors (Lipinski definition) is 0. The second kappa shape index (κ2) is 4.84. The highest BCUT2D eigenvalue weighted by Gasteiger charge is 2.27. The fourth-order valence-corrected chi connectivity index (χ4v) is 2.00. The molecule has 5 nitrogen and oxygen atoms in total. The fourth-order valence-electron chi connectivity index (χ4n) is 1.75. The van der Waals surface area contributed by atoms with E-state index in [1.807, 2.05) is 0 Å². The van der Waals surface area contributed by atoms with E-state index in [0.29, 0.717) is 31.2 Å². The third-order valence-corrected chi connectivity index (χ3v) is 2.97. The lowest BCUT2D eigenvalue weighted by atomic mass is 10.2. The van der Waals surface area contributed by atoms with E-state index in [2.05, 4.69) is 5.10 Å². The zero-order valence-electron chi connectivity index (χ0n) is 9.10. The number of ether oxygens (including phenoxy) is 1. The molecule has 88 valence electrons. The first-order chi connectivity index (χ1) is 7.72. The van der Waals surface area contributed by atoms with Crippen molar-refractivity contribution in [3.05, 3.63) is 18.0 Å². The number of rotatable bonds is 2. The van der Waals surface area contributed by atoms with Gasteiger partial charge in [-0.05, 0) is 0 Å². The second-order valence-electron chi connectivity index (χ2n) is 3.78. The van der Waals surface area contributed by atoms with Crippen LogP contribution in [0, 0.1) is 0 Å². The largest absolute Gasteiger partial charge is 0.377 e. The molecule has 0 spiro atoms. The van der Waals surface area contributed by atoms with Gasteiger partial charge >= 0.3 is 0 Å². The molecule has 1 atom stereocenters. The van der Waals surface area contributed by atoms with Gasteiger partial charge < -0.3 is 9.64 Å². The van der Waals surface area contributed by atoms with Crippen LogP contribution in [0.5, 0.6) is 0 Å². The summed E-state index contributed by atoms with van der Waals surface area (Å²) in [5, 5.41) is 3.99. The van der Waals surface area contributed by atoms with Gasteiger partial charge in [0.05, 0.1) is 31.0 Å². The van der Waals surface area contributed by atoms with Gasteiger partial charge in [-0.2, -0.15) is 5.10 Å². The molecule has 1 aromatic heterocycles. The first kappa shape index (κ1) is 11.4. The normalized spacial score (nSPS) is 21.1. The molecule has 2 rings (SSSR count). The van der Waals surface area contributed by atoms with Gasteiger partial charge in [-0.1, -0.05) is 0 Å². The lowest BCUT2D eigenvalue weighted by molar-refractivity contribution is 0.00456. The molecule has 1 saturated heterocycles. The maximum absolute atomic E-state index is 12.1. The Morgan fingerprint density at radius 1 is 1.75 bits per heavy atom. The molecule has 0 aromatic carbocycles. The molecule has 1 unspecified atom stereocenters. The van der Waals surface area contributed by atoms with Crippen molar-refractivity contribution in [1.29, 1.82) is 0 Å². The number of morpholine rings is 1. The summed E-state index contributed by atoms with van der Waals surface area (Å²) in [4.78, 5) is 13.9. The Hall–Kier alpha value is -1.07. The molecule has 1 amide bonds. The first-order valence-electron chi connectivity index (χ1n) is 5.15. The van der Waals surface area contributed by atoms with Gasteiger partial charge in [0.2, 0.25) is 0 Å². The molecule has 6 heteroatoms. The Balaban J connectivity index is 2.13. The van der Waals surface area contributed by atoms with Crippen LogP contribution in [0.3, 0.4) is 0 Å². The van der Waals surface area contributed by atoms with Crippen molar-refractivity contribution in [2.75, 3.05) is 25.6 Å². The summed E-state index contributed by atoms with van der Waals surface area (Å²) in [6.07, 6.45) is 3.28. The molecule has 1 fully saturated rings. The monoisotopic (exact) mass is 243 g/mol. The van der Waals surface area contributed by atoms with Crippen molar-refractivity contribution in [1.82, 2.24) is 14.7 Å². The molecule has 0 aliphatic carbocycles. The van der Waals surface area contributed by atoms with Crippen LogP contribution in [-0.4, -0.2) is 52.3 Å². The number of aryl methyl sites for hydroxylation is 1. The Bertz CT molecular complexity index is 380. The maximum Gasteiger partial charge on any atom is 0.257 e. The van der Waals surface area contributed by atoms with Crippen LogP contribution in [0.15, 0.2) is 12.4 Å². The zero-order valence-corrected chi connectivity index (χ0v) is 9.85. The van der Waals surface area contributed by atoms with Gasteiger partial charge in [0.15, 0.2) is 0 Å². The average molecular weight is 244 g/mol. The Kier molecular flexibility index (Phi) is 3.46. The molecule has 16 heavy (non-hydrogen) atoms. The molecule has 0 saturated carbocycles. The Labute approximate surface area is 98.9 Å². The van der Waals surface area contributed by atoms with E-state index in [4.69, 9.17) is 16.3 Å². The average Bonchev–Trinajstić information content (AvgIpc) is 2.75. The maximum atomic E-state index is 12.1. The molecule has 0 bridgehead atoms. The highest BCUT2D eigenvalue weighted by molar-refractivity contribution is 6.18. The number of nitrogens with zero attached hydrogens (tertiary/aromatic N) is 3. The van der Waals surface area contributed by atoms with Crippen molar-refractivity contribution >= 4 is 17.5 Å². The molecule has 0 radical (unpaired) electrons.